The van der Waals surface area contributed by atoms with Crippen LogP contribution in [0, 0.1) is 0 Å². The molecule has 3 N–H and O–H groups in total. The molecule has 0 amide bonds. The molecule has 1 fully saturated rings. The zero-order chi connectivity index (χ0) is 10.6. The predicted octanol–water partition coefficient (Wildman–Crippen LogP) is 0.664. The Balaban J connectivity index is 2.67. The van der Waals surface area contributed by atoms with Gasteiger partial charge in [-0.15, -0.1) is 0 Å². The Morgan fingerprint density at radius 3 is 2.86 bits per heavy atom. The Bertz CT molecular complexity index is 208. The topological polar surface area (TPSA) is 66.6 Å². The summed E-state index contributed by atoms with van der Waals surface area (Å²) in [6, 6.07) is 0. The van der Waals surface area contributed by atoms with Gasteiger partial charge in [0.05, 0.1) is 0 Å². The normalized spacial score (nSPS) is 28.1. The summed E-state index contributed by atoms with van der Waals surface area (Å²) in [5.41, 5.74) is 4.84. The lowest BCUT2D eigenvalue weighted by molar-refractivity contribution is -0.150. The quantitative estimate of drug-likeness (QED) is 0.684. The van der Waals surface area contributed by atoms with E-state index in [2.05, 4.69) is 4.90 Å². The van der Waals surface area contributed by atoms with Crippen LogP contribution >= 0.6 is 0 Å². The number of carboxylic acids is 1. The maximum Gasteiger partial charge on any atom is 0.324 e. The maximum absolute atomic E-state index is 11.3. The number of nitrogens with zero attached hydrogens (tertiary/aromatic N) is 1. The van der Waals surface area contributed by atoms with E-state index in [4.69, 9.17) is 5.73 Å². The molecule has 0 radical (unpaired) electrons. The minimum Gasteiger partial charge on any atom is -0.480 e. The fourth-order valence-corrected chi connectivity index (χ4v) is 2.34. The molecule has 82 valence electrons. The van der Waals surface area contributed by atoms with Gasteiger partial charge < -0.3 is 10.8 Å². The van der Waals surface area contributed by atoms with Crippen molar-refractivity contribution in [3.63, 3.8) is 0 Å². The molecule has 0 aromatic rings. The van der Waals surface area contributed by atoms with Crippen LogP contribution in [0.1, 0.15) is 32.6 Å². The predicted molar refractivity (Wildman–Crippen MR) is 55.1 cm³/mol. The van der Waals surface area contributed by atoms with E-state index in [1.54, 1.807) is 0 Å². The van der Waals surface area contributed by atoms with Crippen LogP contribution in [0.15, 0.2) is 0 Å². The number of likely N-dealkylation sites (tertiary alicyclic amines) is 1. The van der Waals surface area contributed by atoms with Gasteiger partial charge in [-0.3, -0.25) is 9.69 Å². The fourth-order valence-electron chi connectivity index (χ4n) is 2.34. The first-order valence-corrected chi connectivity index (χ1v) is 5.36. The molecular weight excluding hydrogens is 180 g/mol. The Morgan fingerprint density at radius 1 is 1.64 bits per heavy atom. The van der Waals surface area contributed by atoms with E-state index in [9.17, 15) is 9.90 Å². The second-order valence-electron chi connectivity index (χ2n) is 3.92. The Morgan fingerprint density at radius 2 is 2.36 bits per heavy atom. The van der Waals surface area contributed by atoms with Crippen molar-refractivity contribution in [2.24, 2.45) is 5.73 Å². The number of aliphatic carboxylic acids is 1. The highest BCUT2D eigenvalue weighted by Gasteiger charge is 2.45. The van der Waals surface area contributed by atoms with Crippen molar-refractivity contribution in [1.82, 2.24) is 4.90 Å². The van der Waals surface area contributed by atoms with Crippen molar-refractivity contribution in [2.45, 2.75) is 38.1 Å². The van der Waals surface area contributed by atoms with E-state index in [-0.39, 0.29) is 0 Å². The van der Waals surface area contributed by atoms with Crippen LogP contribution in [0.5, 0.6) is 0 Å². The average Bonchev–Trinajstić information content (AvgIpc) is 2.58. The van der Waals surface area contributed by atoms with Crippen molar-refractivity contribution < 1.29 is 9.90 Å². The van der Waals surface area contributed by atoms with E-state index in [1.165, 1.54) is 0 Å². The van der Waals surface area contributed by atoms with Gasteiger partial charge in [0, 0.05) is 6.54 Å². The SMILES string of the molecule is CCC1(C(=O)O)CCCN1CCCN. The highest BCUT2D eigenvalue weighted by atomic mass is 16.4. The first-order valence-electron chi connectivity index (χ1n) is 5.36. The van der Waals surface area contributed by atoms with Gasteiger partial charge in [-0.1, -0.05) is 6.92 Å². The first-order chi connectivity index (χ1) is 6.67. The molecule has 1 saturated heterocycles. The summed E-state index contributed by atoms with van der Waals surface area (Å²) >= 11 is 0. The van der Waals surface area contributed by atoms with Crippen LogP contribution in [0.25, 0.3) is 0 Å². The monoisotopic (exact) mass is 200 g/mol. The van der Waals surface area contributed by atoms with Crippen molar-refractivity contribution in [3.8, 4) is 0 Å². The second-order valence-corrected chi connectivity index (χ2v) is 3.92. The summed E-state index contributed by atoms with van der Waals surface area (Å²) in [5.74, 6) is -0.672. The summed E-state index contributed by atoms with van der Waals surface area (Å²) in [4.78, 5) is 13.3. The standard InChI is InChI=1S/C10H20N2O2/c1-2-10(9(13)14)5-3-7-12(10)8-4-6-11/h2-8,11H2,1H3,(H,13,14). The zero-order valence-electron chi connectivity index (χ0n) is 8.83. The number of carboxylic acid groups (broad SMARTS) is 1. The molecule has 14 heavy (non-hydrogen) atoms. The van der Waals surface area contributed by atoms with E-state index in [1.807, 2.05) is 6.92 Å². The number of rotatable bonds is 5. The molecule has 0 spiro atoms. The van der Waals surface area contributed by atoms with Crippen LogP contribution in [0.3, 0.4) is 0 Å². The van der Waals surface area contributed by atoms with Crippen LogP contribution in [-0.4, -0.2) is 41.1 Å². The molecule has 0 saturated carbocycles. The smallest absolute Gasteiger partial charge is 0.324 e. The van der Waals surface area contributed by atoms with Crippen LogP contribution in [0.4, 0.5) is 0 Å². The largest absolute Gasteiger partial charge is 0.480 e. The third-order valence-electron chi connectivity index (χ3n) is 3.24. The highest BCUT2D eigenvalue weighted by molar-refractivity contribution is 5.79. The van der Waals surface area contributed by atoms with E-state index in [0.29, 0.717) is 13.0 Å². The summed E-state index contributed by atoms with van der Waals surface area (Å²) in [7, 11) is 0. The minimum atomic E-state index is -0.672. The molecule has 1 aliphatic rings. The first kappa shape index (κ1) is 11.5. The molecule has 0 aromatic heterocycles. The van der Waals surface area contributed by atoms with Gasteiger partial charge in [0.25, 0.3) is 0 Å². The van der Waals surface area contributed by atoms with Crippen molar-refractivity contribution in [2.75, 3.05) is 19.6 Å². The molecule has 0 aromatic carbocycles. The summed E-state index contributed by atoms with van der Waals surface area (Å²) in [6.07, 6.45) is 3.34. The number of carbonyl (C=O) groups is 1. The van der Waals surface area contributed by atoms with E-state index < -0.39 is 11.5 Å². The molecule has 4 heteroatoms. The van der Waals surface area contributed by atoms with Gasteiger partial charge in [-0.25, -0.2) is 0 Å². The molecule has 1 aliphatic heterocycles. The lowest BCUT2D eigenvalue weighted by Crippen LogP contribution is -2.50. The van der Waals surface area contributed by atoms with Crippen molar-refractivity contribution in [1.29, 1.82) is 0 Å². The number of hydrogen-bond donors (Lipinski definition) is 2. The van der Waals surface area contributed by atoms with Gasteiger partial charge in [0.2, 0.25) is 0 Å². The number of hydrogen-bond acceptors (Lipinski definition) is 3. The molecule has 0 aliphatic carbocycles. The third kappa shape index (κ3) is 1.91. The third-order valence-corrected chi connectivity index (χ3v) is 3.24. The molecule has 1 rings (SSSR count). The Labute approximate surface area is 85.1 Å². The van der Waals surface area contributed by atoms with Gasteiger partial charge in [-0.05, 0) is 38.8 Å². The van der Waals surface area contributed by atoms with E-state index in [0.717, 1.165) is 32.4 Å². The molecular formula is C10H20N2O2. The minimum absolute atomic E-state index is 0.602. The average molecular weight is 200 g/mol. The lowest BCUT2D eigenvalue weighted by atomic mass is 9.93. The molecule has 1 heterocycles. The molecule has 1 unspecified atom stereocenters. The van der Waals surface area contributed by atoms with Gasteiger partial charge in [-0.2, -0.15) is 0 Å². The maximum atomic E-state index is 11.3. The molecule has 4 nitrogen and oxygen atoms in total. The summed E-state index contributed by atoms with van der Waals surface area (Å²) in [6.45, 7) is 4.31. The number of nitrogens with two attached hydrogens (primary N) is 1. The van der Waals surface area contributed by atoms with Crippen LogP contribution < -0.4 is 5.73 Å². The van der Waals surface area contributed by atoms with Crippen molar-refractivity contribution in [3.05, 3.63) is 0 Å². The van der Waals surface area contributed by atoms with E-state index >= 15 is 0 Å². The Hall–Kier alpha value is -0.610. The molecule has 0 bridgehead atoms. The second kappa shape index (κ2) is 4.75. The zero-order valence-corrected chi connectivity index (χ0v) is 8.83. The fraction of sp³-hybridized carbons (Fsp3) is 0.900. The summed E-state index contributed by atoms with van der Waals surface area (Å²) < 4.78 is 0. The molecule has 1 atom stereocenters. The lowest BCUT2D eigenvalue weighted by Gasteiger charge is -2.33. The van der Waals surface area contributed by atoms with Crippen molar-refractivity contribution >= 4 is 5.97 Å². The van der Waals surface area contributed by atoms with Gasteiger partial charge in [0.1, 0.15) is 5.54 Å². The summed E-state index contributed by atoms with van der Waals surface area (Å²) in [5, 5.41) is 9.26. The Kier molecular flexibility index (Phi) is 3.89. The van der Waals surface area contributed by atoms with Gasteiger partial charge >= 0.3 is 5.97 Å². The van der Waals surface area contributed by atoms with Crippen LogP contribution in [0.2, 0.25) is 0 Å². The highest BCUT2D eigenvalue weighted by Crippen LogP contribution is 2.32. The van der Waals surface area contributed by atoms with Crippen LogP contribution in [-0.2, 0) is 4.79 Å². The van der Waals surface area contributed by atoms with Gasteiger partial charge in [0.15, 0.2) is 0 Å².